The first kappa shape index (κ1) is 27.1. The molecule has 0 aliphatic heterocycles. The molecule has 1 heterocycles. The van der Waals surface area contributed by atoms with Crippen LogP contribution in [0.4, 0.5) is 13.2 Å². The second kappa shape index (κ2) is 11.2. The summed E-state index contributed by atoms with van der Waals surface area (Å²) in [5, 5.41) is 17.5. The lowest BCUT2D eigenvalue weighted by Crippen LogP contribution is -2.33. The molecule has 0 fully saturated rings. The molecule has 38 heavy (non-hydrogen) atoms. The fourth-order valence-corrected chi connectivity index (χ4v) is 4.44. The molecule has 0 radical (unpaired) electrons. The summed E-state index contributed by atoms with van der Waals surface area (Å²) in [6, 6.07) is 19.5. The van der Waals surface area contributed by atoms with Crippen molar-refractivity contribution in [3.05, 3.63) is 88.9 Å². The summed E-state index contributed by atoms with van der Waals surface area (Å²) in [6.07, 6.45) is -4.78. The average molecular weight is 544 g/mol. The molecular formula is C27H24F3N3O4S. The van der Waals surface area contributed by atoms with Gasteiger partial charge in [-0.25, -0.2) is 0 Å². The van der Waals surface area contributed by atoms with Gasteiger partial charge in [0.2, 0.25) is 0 Å². The summed E-state index contributed by atoms with van der Waals surface area (Å²) in [6.45, 7) is 1.91. The molecule has 1 atom stereocenters. The van der Waals surface area contributed by atoms with Gasteiger partial charge in [-0.05, 0) is 49.2 Å². The molecule has 1 aromatic heterocycles. The van der Waals surface area contributed by atoms with E-state index in [1.54, 1.807) is 25.1 Å². The zero-order valence-electron chi connectivity index (χ0n) is 20.2. The molecule has 3 aromatic carbocycles. The number of aromatic nitrogens is 2. The maximum atomic E-state index is 14.0. The van der Waals surface area contributed by atoms with Crippen molar-refractivity contribution in [1.82, 2.24) is 10.2 Å². The average Bonchev–Trinajstić information content (AvgIpc) is 3.38. The highest BCUT2D eigenvalue weighted by Gasteiger charge is 2.35. The van der Waals surface area contributed by atoms with E-state index >= 15 is 0 Å². The normalized spacial score (nSPS) is 13.1. The van der Waals surface area contributed by atoms with Crippen molar-refractivity contribution in [2.24, 2.45) is 5.73 Å². The van der Waals surface area contributed by atoms with Crippen molar-refractivity contribution in [2.45, 2.75) is 38.1 Å². The number of nitrogens with zero attached hydrogens (tertiary/aromatic N) is 2. The fourth-order valence-electron chi connectivity index (χ4n) is 3.51. The Balaban J connectivity index is 1.55. The molecule has 0 bridgehead atoms. The quantitative estimate of drug-likeness (QED) is 0.231. The summed E-state index contributed by atoms with van der Waals surface area (Å²) < 4.78 is 53.3. The number of rotatable bonds is 10. The number of alkyl halides is 3. The molecule has 0 amide bonds. The molecule has 0 spiro atoms. The van der Waals surface area contributed by atoms with E-state index in [4.69, 9.17) is 20.3 Å². The van der Waals surface area contributed by atoms with Crippen LogP contribution in [0.2, 0.25) is 0 Å². The van der Waals surface area contributed by atoms with Gasteiger partial charge in [0.05, 0.1) is 11.1 Å². The molecule has 198 valence electrons. The van der Waals surface area contributed by atoms with Crippen LogP contribution in [0.1, 0.15) is 35.9 Å². The van der Waals surface area contributed by atoms with E-state index in [-0.39, 0.29) is 34.9 Å². The number of aliphatic carboxylic acids is 1. The molecule has 4 rings (SSSR count). The minimum absolute atomic E-state index is 0.103. The largest absolute Gasteiger partial charge is 0.489 e. The van der Waals surface area contributed by atoms with Crippen LogP contribution in [0.5, 0.6) is 17.2 Å². The van der Waals surface area contributed by atoms with Crippen molar-refractivity contribution in [2.75, 3.05) is 0 Å². The summed E-state index contributed by atoms with van der Waals surface area (Å²) in [5.41, 5.74) is 5.25. The molecule has 0 aliphatic carbocycles. The summed E-state index contributed by atoms with van der Waals surface area (Å²) >= 11 is 1.01. The topological polar surface area (TPSA) is 108 Å². The van der Waals surface area contributed by atoms with Gasteiger partial charge in [0.15, 0.2) is 0 Å². The summed E-state index contributed by atoms with van der Waals surface area (Å²) in [4.78, 5) is 10.9. The number of carboxylic acid groups (broad SMARTS) is 1. The van der Waals surface area contributed by atoms with Gasteiger partial charge >= 0.3 is 12.1 Å². The van der Waals surface area contributed by atoms with E-state index in [9.17, 15) is 18.0 Å². The Morgan fingerprint density at radius 2 is 1.74 bits per heavy atom. The van der Waals surface area contributed by atoms with E-state index in [1.165, 1.54) is 18.2 Å². The number of halogens is 3. The first-order valence-corrected chi connectivity index (χ1v) is 12.3. The fraction of sp³-hybridized carbons (Fsp3) is 0.222. The predicted octanol–water partition coefficient (Wildman–Crippen LogP) is 6.63. The predicted molar refractivity (Wildman–Crippen MR) is 136 cm³/mol. The van der Waals surface area contributed by atoms with Crippen LogP contribution in [-0.2, 0) is 23.1 Å². The Bertz CT molecular complexity index is 1410. The smallest absolute Gasteiger partial charge is 0.420 e. The number of carboxylic acids is 1. The van der Waals surface area contributed by atoms with Crippen LogP contribution >= 0.6 is 11.3 Å². The van der Waals surface area contributed by atoms with Gasteiger partial charge in [-0.3, -0.25) is 4.79 Å². The van der Waals surface area contributed by atoms with Crippen molar-refractivity contribution in [3.8, 4) is 27.8 Å². The first-order chi connectivity index (χ1) is 18.0. The molecule has 3 N–H and O–H groups in total. The minimum atomic E-state index is -4.70. The van der Waals surface area contributed by atoms with Crippen molar-refractivity contribution >= 4 is 17.3 Å². The van der Waals surface area contributed by atoms with E-state index < -0.39 is 23.2 Å². The van der Waals surface area contributed by atoms with Gasteiger partial charge in [0.25, 0.3) is 0 Å². The van der Waals surface area contributed by atoms with Crippen LogP contribution in [0.15, 0.2) is 72.8 Å². The number of hydrogen-bond acceptors (Lipinski definition) is 7. The third-order valence-electron chi connectivity index (χ3n) is 5.59. The molecule has 0 saturated heterocycles. The van der Waals surface area contributed by atoms with Crippen LogP contribution in [-0.4, -0.2) is 21.3 Å². The minimum Gasteiger partial charge on any atom is -0.489 e. The van der Waals surface area contributed by atoms with Gasteiger partial charge in [0, 0.05) is 18.1 Å². The zero-order valence-corrected chi connectivity index (χ0v) is 21.1. The van der Waals surface area contributed by atoms with Crippen molar-refractivity contribution in [3.63, 3.8) is 0 Å². The highest BCUT2D eigenvalue weighted by atomic mass is 32.1. The lowest BCUT2D eigenvalue weighted by Gasteiger charge is -2.19. The van der Waals surface area contributed by atoms with Gasteiger partial charge in [-0.1, -0.05) is 47.7 Å². The van der Waals surface area contributed by atoms with Crippen LogP contribution in [0.3, 0.4) is 0 Å². The van der Waals surface area contributed by atoms with Crippen molar-refractivity contribution in [1.29, 1.82) is 0 Å². The SMILES string of the molecule is C[C@](N)(CCC(=O)O)c1nnc(-c2ccc(Oc3cccc(OCc4ccccc4)c3)c(C(F)(F)F)c2)s1. The number of carbonyl (C=O) groups is 1. The molecule has 4 aromatic rings. The van der Waals surface area contributed by atoms with Crippen LogP contribution in [0, 0.1) is 0 Å². The first-order valence-electron chi connectivity index (χ1n) is 11.5. The van der Waals surface area contributed by atoms with E-state index in [0.717, 1.165) is 23.0 Å². The zero-order chi connectivity index (χ0) is 27.3. The van der Waals surface area contributed by atoms with Gasteiger partial charge in [0.1, 0.15) is 33.9 Å². The monoisotopic (exact) mass is 543 g/mol. The maximum Gasteiger partial charge on any atom is 0.420 e. The Kier molecular flexibility index (Phi) is 7.98. The van der Waals surface area contributed by atoms with Crippen LogP contribution in [0.25, 0.3) is 10.6 Å². The number of ether oxygens (including phenoxy) is 2. The van der Waals surface area contributed by atoms with E-state index in [0.29, 0.717) is 17.4 Å². The second-order valence-electron chi connectivity index (χ2n) is 8.78. The third kappa shape index (κ3) is 6.87. The Morgan fingerprint density at radius 3 is 2.45 bits per heavy atom. The molecule has 0 aliphatic rings. The summed E-state index contributed by atoms with van der Waals surface area (Å²) in [7, 11) is 0. The molecule has 0 saturated carbocycles. The van der Waals surface area contributed by atoms with Gasteiger partial charge in [-0.2, -0.15) is 13.2 Å². The number of hydrogen-bond donors (Lipinski definition) is 2. The highest BCUT2D eigenvalue weighted by molar-refractivity contribution is 7.14. The molecular weight excluding hydrogens is 519 g/mol. The van der Waals surface area contributed by atoms with Gasteiger partial charge < -0.3 is 20.3 Å². The van der Waals surface area contributed by atoms with Crippen molar-refractivity contribution < 1.29 is 32.5 Å². The van der Waals surface area contributed by atoms with Crippen LogP contribution < -0.4 is 15.2 Å². The Hall–Kier alpha value is -3.96. The lowest BCUT2D eigenvalue weighted by molar-refractivity contribution is -0.139. The van der Waals surface area contributed by atoms with E-state index in [1.807, 2.05) is 30.3 Å². The summed E-state index contributed by atoms with van der Waals surface area (Å²) in [5.74, 6) is -0.753. The third-order valence-corrected chi connectivity index (χ3v) is 6.84. The second-order valence-corrected chi connectivity index (χ2v) is 9.76. The molecule has 7 nitrogen and oxygen atoms in total. The Labute approximate surface area is 220 Å². The Morgan fingerprint density at radius 1 is 1.00 bits per heavy atom. The number of benzene rings is 3. The standard InChI is InChI=1S/C27H24F3N3O4S/c1-26(31,13-12-23(34)35)25-33-32-24(38-25)18-10-11-22(21(14-18)27(28,29)30)37-20-9-5-8-19(15-20)36-16-17-6-3-2-4-7-17/h2-11,14-15H,12-13,16,31H2,1H3,(H,34,35)/t26-/m0/s1. The lowest BCUT2D eigenvalue weighted by atomic mass is 9.98. The van der Waals surface area contributed by atoms with E-state index in [2.05, 4.69) is 10.2 Å². The van der Waals surface area contributed by atoms with Gasteiger partial charge in [-0.15, -0.1) is 10.2 Å². The number of nitrogens with two attached hydrogens (primary N) is 1. The highest BCUT2D eigenvalue weighted by Crippen LogP contribution is 2.41. The molecule has 11 heteroatoms. The molecule has 0 unspecified atom stereocenters. The maximum absolute atomic E-state index is 14.0.